The van der Waals surface area contributed by atoms with Crippen LogP contribution in [0.15, 0.2) is 0 Å². The Balaban J connectivity index is 1.22. The highest BCUT2D eigenvalue weighted by Gasteiger charge is 2.59. The number of aliphatic hydroxyl groups is 17. The molecule has 426 valence electrons. The van der Waals surface area contributed by atoms with Gasteiger partial charge in [0, 0.05) is 6.54 Å². The summed E-state index contributed by atoms with van der Waals surface area (Å²) >= 11 is 0. The van der Waals surface area contributed by atoms with Gasteiger partial charge in [0.1, 0.15) is 146 Å². The summed E-state index contributed by atoms with van der Waals surface area (Å²) in [6, 6.07) is 0. The predicted octanol–water partition coefficient (Wildman–Crippen LogP) is -11.7. The van der Waals surface area contributed by atoms with Crippen LogP contribution in [0.3, 0.4) is 0 Å². The molecule has 22 aliphatic rings. The molecule has 0 radical (unpaired) electrons. The molecule has 22 saturated heterocycles. The van der Waals surface area contributed by atoms with Gasteiger partial charge in [0.05, 0.1) is 46.2 Å². The van der Waals surface area contributed by atoms with Crippen molar-refractivity contribution in [2.75, 3.05) is 65.9 Å². The van der Waals surface area contributed by atoms with E-state index in [1.54, 1.807) is 0 Å². The van der Waals surface area contributed by atoms with Crippen molar-refractivity contribution in [2.45, 2.75) is 198 Å². The quantitative estimate of drug-likeness (QED) is 0.0863. The monoisotopic (exact) mass is 1070 g/mol. The molecule has 0 unspecified atom stereocenters. The average Bonchev–Trinajstić information content (AvgIpc) is 3.39. The van der Waals surface area contributed by atoms with Gasteiger partial charge in [0.2, 0.25) is 0 Å². The third-order valence-corrected chi connectivity index (χ3v) is 14.3. The first kappa shape index (κ1) is 59.4. The minimum absolute atomic E-state index is 0.102. The number of nitrogens with zero attached hydrogens (tertiary/aromatic N) is 1. The first-order valence-corrected chi connectivity index (χ1v) is 24.2. The molecule has 0 aromatic heterocycles. The molecule has 22 fully saturated rings. The van der Waals surface area contributed by atoms with Crippen molar-refractivity contribution >= 4 is 0 Å². The Bertz CT molecular complexity index is 1650. The molecule has 30 atom stereocenters. The molecular weight excluding hydrogens is 998 g/mol. The van der Waals surface area contributed by atoms with Crippen molar-refractivity contribution in [3.05, 3.63) is 0 Å². The minimum atomic E-state index is -2.15. The zero-order chi connectivity index (χ0) is 53.2. The maximum Gasteiger partial charge on any atom is 0.187 e. The van der Waals surface area contributed by atoms with Gasteiger partial charge in [-0.3, -0.25) is 0 Å². The zero-order valence-electron chi connectivity index (χ0n) is 39.7. The van der Waals surface area contributed by atoms with Crippen molar-refractivity contribution in [2.24, 2.45) is 0 Å². The highest BCUT2D eigenvalue weighted by Crippen LogP contribution is 2.38. The normalized spacial score (nSPS) is 51.3. The summed E-state index contributed by atoms with van der Waals surface area (Å²) in [5.74, 6) is 0. The van der Waals surface area contributed by atoms with Gasteiger partial charge in [0.15, 0.2) is 37.7 Å². The van der Waals surface area contributed by atoms with E-state index in [1.807, 2.05) is 18.7 Å². The van der Waals surface area contributed by atoms with Gasteiger partial charge in [-0.1, -0.05) is 13.8 Å². The fourth-order valence-electron chi connectivity index (χ4n) is 9.96. The summed E-state index contributed by atoms with van der Waals surface area (Å²) in [6.07, 6.45) is -56.9. The van der Waals surface area contributed by atoms with E-state index in [0.29, 0.717) is 19.6 Å². The van der Waals surface area contributed by atoms with Crippen LogP contribution in [0.4, 0.5) is 0 Å². The predicted molar refractivity (Wildman–Crippen MR) is 227 cm³/mol. The van der Waals surface area contributed by atoms with Gasteiger partial charge in [-0.2, -0.15) is 0 Å². The van der Waals surface area contributed by atoms with Crippen LogP contribution in [0.2, 0.25) is 0 Å². The molecule has 22 heterocycles. The van der Waals surface area contributed by atoms with Crippen molar-refractivity contribution < 1.29 is 148 Å². The van der Waals surface area contributed by atoms with Gasteiger partial charge in [-0.15, -0.1) is 0 Å². The van der Waals surface area contributed by atoms with Crippen LogP contribution in [0.5, 0.6) is 0 Å². The maximum atomic E-state index is 11.9. The first-order chi connectivity index (χ1) is 34.9. The molecule has 0 aliphatic carbocycles. The summed E-state index contributed by atoms with van der Waals surface area (Å²) in [5, 5.41) is 188. The Hall–Kier alpha value is -1.24. The average molecular weight is 1070 g/mol. The van der Waals surface area contributed by atoms with Crippen LogP contribution in [0.1, 0.15) is 13.8 Å². The SMILES string of the molecule is CCN(CC)CCO[C@@H]1[C@@H](O)[C@H]2O[C@H]3[C@H](O)[C@@H](O)[C@@H](O[C@H]4[C@H](O)[C@@H](O)[C@@H](O[C@H]5[C@H](O)[C@@H](O)[C@@H](O[C@H]6[C@H](O)[C@@H](O)[C@@H](O[C@H]7[C@H](O)[C@@H](O)[C@@H](O[C@H]1[C@@H](CO)O2)O[C@@H]7CO)O[C@@H]6CO)O[C@@H]5CO)O[C@@H]4CO)O[C@@H]3CO. The lowest BCUT2D eigenvalue weighted by atomic mass is 9.94. The van der Waals surface area contributed by atoms with Crippen LogP contribution < -0.4 is 0 Å². The van der Waals surface area contributed by atoms with Crippen molar-refractivity contribution in [1.29, 1.82) is 0 Å². The molecule has 31 nitrogen and oxygen atoms in total. The van der Waals surface area contributed by atoms with Crippen molar-refractivity contribution in [1.82, 2.24) is 4.90 Å². The van der Waals surface area contributed by atoms with E-state index in [-0.39, 0.29) is 6.61 Å². The van der Waals surface area contributed by atoms with E-state index in [0.717, 1.165) is 0 Å². The summed E-state index contributed by atoms with van der Waals surface area (Å²) in [7, 11) is 0. The fourth-order valence-corrected chi connectivity index (χ4v) is 9.96. The van der Waals surface area contributed by atoms with Crippen LogP contribution in [0, 0.1) is 0 Å². The van der Waals surface area contributed by atoms with E-state index >= 15 is 0 Å². The Labute approximate surface area is 416 Å². The number of aliphatic hydroxyl groups excluding tert-OH is 17. The molecule has 22 aliphatic heterocycles. The van der Waals surface area contributed by atoms with Gasteiger partial charge in [-0.05, 0) is 13.1 Å². The first-order valence-electron chi connectivity index (χ1n) is 24.2. The van der Waals surface area contributed by atoms with Crippen molar-refractivity contribution in [3.63, 3.8) is 0 Å². The molecule has 17 N–H and O–H groups in total. The van der Waals surface area contributed by atoms with Gasteiger partial charge < -0.3 is 153 Å². The van der Waals surface area contributed by atoms with Crippen LogP contribution in [-0.2, 0) is 61.6 Å². The second kappa shape index (κ2) is 26.1. The second-order valence-corrected chi connectivity index (χ2v) is 18.7. The summed E-state index contributed by atoms with van der Waals surface area (Å²) in [4.78, 5) is 1.96. The van der Waals surface area contributed by atoms with E-state index in [9.17, 15) is 86.8 Å². The number of hydrogen-bond acceptors (Lipinski definition) is 31. The van der Waals surface area contributed by atoms with Crippen LogP contribution >= 0.6 is 0 Å². The fraction of sp³-hybridized carbons (Fsp3) is 1.00. The van der Waals surface area contributed by atoms with Crippen LogP contribution in [-0.4, -0.2) is 342 Å². The van der Waals surface area contributed by atoms with E-state index in [1.165, 1.54) is 0 Å². The van der Waals surface area contributed by atoms with E-state index < -0.39 is 224 Å². The van der Waals surface area contributed by atoms with Gasteiger partial charge >= 0.3 is 0 Å². The largest absolute Gasteiger partial charge is 0.394 e. The second-order valence-electron chi connectivity index (χ2n) is 18.7. The molecular formula is C42H73NO30. The molecule has 12 bridgehead atoms. The van der Waals surface area contributed by atoms with Gasteiger partial charge in [-0.25, -0.2) is 0 Å². The highest BCUT2D eigenvalue weighted by atomic mass is 16.8. The third kappa shape index (κ3) is 12.3. The van der Waals surface area contributed by atoms with Crippen molar-refractivity contribution in [3.8, 4) is 0 Å². The van der Waals surface area contributed by atoms with E-state index in [4.69, 9.17) is 61.6 Å². The molecule has 0 aromatic carbocycles. The number of rotatable bonds is 12. The molecule has 31 heteroatoms. The third-order valence-electron chi connectivity index (χ3n) is 14.3. The molecule has 73 heavy (non-hydrogen) atoms. The molecule has 0 saturated carbocycles. The summed E-state index contributed by atoms with van der Waals surface area (Å²) in [5.41, 5.74) is 0. The van der Waals surface area contributed by atoms with Gasteiger partial charge in [0.25, 0.3) is 0 Å². The topological polar surface area (TPSA) is 467 Å². The Morgan fingerprint density at radius 3 is 0.753 bits per heavy atom. The molecule has 22 rings (SSSR count). The maximum absolute atomic E-state index is 11.9. The van der Waals surface area contributed by atoms with Crippen LogP contribution in [0.25, 0.3) is 0 Å². The molecule has 0 spiro atoms. The lowest BCUT2D eigenvalue weighted by Gasteiger charge is -2.51. The number of hydrogen-bond donors (Lipinski definition) is 17. The Kier molecular flexibility index (Phi) is 21.3. The standard InChI is InChI=1S/C42H73NO30/c1-3-43(4-2)5-6-61-36-29(60)42-67-18(12-49)35(36)73-41-28(59)23(54)33(16(10-47)66-41)71-39-26(57)21(52)31(14(8-45)64-39)69-37-24(55)19(50)30(13(7-44)62-37)68-38-25(56)20(51)32(15(9-46)63-38)70-40-27(58)22(53)34(72-42)17(11-48)65-40/h13-42,44-60H,3-12H2,1-2H3/t13-,14-,15-,16-,17-,18-,19-,20-,21-,22-,23-,24-,25-,26-,27-,28-,29-,30-,31-,32-,33-,34-,35+,36-,37-,38-,39-,40-,41-,42-/m1/s1. The summed E-state index contributed by atoms with van der Waals surface area (Å²) in [6.45, 7) is -0.664. The minimum Gasteiger partial charge on any atom is -0.394 e. The number of likely N-dealkylation sites (N-methyl/N-ethyl adjacent to an activating group) is 1. The zero-order valence-corrected chi connectivity index (χ0v) is 39.7. The smallest absolute Gasteiger partial charge is 0.187 e. The summed E-state index contributed by atoms with van der Waals surface area (Å²) < 4.78 is 75.9. The Morgan fingerprint density at radius 2 is 0.521 bits per heavy atom. The highest BCUT2D eigenvalue weighted by molar-refractivity contribution is 5.01. The number of ether oxygens (including phenoxy) is 13. The lowest BCUT2D eigenvalue weighted by Crippen LogP contribution is -2.69. The van der Waals surface area contributed by atoms with E-state index in [2.05, 4.69) is 0 Å². The molecule has 0 amide bonds. The lowest BCUT2D eigenvalue weighted by molar-refractivity contribution is -0.404. The Morgan fingerprint density at radius 1 is 0.301 bits per heavy atom. The molecule has 0 aromatic rings.